The fourth-order valence-electron chi connectivity index (χ4n) is 2.69. The van der Waals surface area contributed by atoms with Crippen molar-refractivity contribution in [3.05, 3.63) is 29.0 Å². The number of nitrogens with zero attached hydrogens (tertiary/aromatic N) is 1. The highest BCUT2D eigenvalue weighted by atomic mass is 35.5. The Labute approximate surface area is 133 Å². The van der Waals surface area contributed by atoms with Gasteiger partial charge in [0, 0.05) is 24.5 Å². The van der Waals surface area contributed by atoms with Crippen LogP contribution in [0.5, 0.6) is 0 Å². The van der Waals surface area contributed by atoms with Gasteiger partial charge in [-0.25, -0.2) is 12.8 Å². The van der Waals surface area contributed by atoms with E-state index in [-0.39, 0.29) is 30.5 Å². The Morgan fingerprint density at radius 3 is 2.73 bits per heavy atom. The molecule has 0 aromatic heterocycles. The number of benzene rings is 1. The third-order valence-electron chi connectivity index (χ3n) is 4.05. The summed E-state index contributed by atoms with van der Waals surface area (Å²) >= 11 is 5.76. The molecule has 5 nitrogen and oxygen atoms in total. The van der Waals surface area contributed by atoms with E-state index in [0.29, 0.717) is 0 Å². The number of carboxylic acids is 1. The van der Waals surface area contributed by atoms with Crippen LogP contribution in [0.1, 0.15) is 20.3 Å². The first-order chi connectivity index (χ1) is 10.0. The number of hydrogen-bond acceptors (Lipinski definition) is 3. The fraction of sp³-hybridized carbons (Fsp3) is 0.500. The number of sulfonamides is 1. The van der Waals surface area contributed by atoms with Crippen LogP contribution < -0.4 is 0 Å². The quantitative estimate of drug-likeness (QED) is 0.906. The van der Waals surface area contributed by atoms with Crippen molar-refractivity contribution in [2.75, 3.05) is 13.1 Å². The minimum Gasteiger partial charge on any atom is -0.481 e. The maximum atomic E-state index is 13.9. The first-order valence-corrected chi connectivity index (χ1v) is 8.53. The average molecular weight is 350 g/mol. The molecule has 1 fully saturated rings. The number of halogens is 2. The summed E-state index contributed by atoms with van der Waals surface area (Å²) in [6, 6.07) is 3.35. The summed E-state index contributed by atoms with van der Waals surface area (Å²) < 4.78 is 40.2. The summed E-state index contributed by atoms with van der Waals surface area (Å²) in [6.07, 6.45) is -0.128. The predicted molar refractivity (Wildman–Crippen MR) is 79.7 cm³/mol. The largest absolute Gasteiger partial charge is 0.481 e. The van der Waals surface area contributed by atoms with Crippen molar-refractivity contribution in [2.45, 2.75) is 25.2 Å². The number of hydrogen-bond donors (Lipinski definition) is 1. The van der Waals surface area contributed by atoms with E-state index in [1.807, 2.05) is 13.8 Å². The van der Waals surface area contributed by atoms with Gasteiger partial charge in [-0.15, -0.1) is 0 Å². The Kier molecular flexibility index (Phi) is 4.52. The average Bonchev–Trinajstić information content (AvgIpc) is 2.68. The van der Waals surface area contributed by atoms with Crippen LogP contribution in [-0.2, 0) is 14.8 Å². The first kappa shape index (κ1) is 17.2. The Morgan fingerprint density at radius 1 is 1.50 bits per heavy atom. The van der Waals surface area contributed by atoms with Gasteiger partial charge in [-0.1, -0.05) is 25.4 Å². The number of aliphatic carboxylic acids is 1. The van der Waals surface area contributed by atoms with Crippen LogP contribution in [0.3, 0.4) is 0 Å². The minimum atomic E-state index is -4.05. The molecule has 0 radical (unpaired) electrons. The molecule has 122 valence electrons. The van der Waals surface area contributed by atoms with Crippen molar-refractivity contribution in [1.29, 1.82) is 0 Å². The lowest BCUT2D eigenvalue weighted by Crippen LogP contribution is -2.31. The summed E-state index contributed by atoms with van der Waals surface area (Å²) in [5, 5.41) is 9.07. The number of carbonyl (C=O) groups is 1. The lowest BCUT2D eigenvalue weighted by Gasteiger charge is -2.24. The summed E-state index contributed by atoms with van der Waals surface area (Å²) in [7, 11) is -4.05. The summed E-state index contributed by atoms with van der Waals surface area (Å²) in [5.41, 5.74) is -0.499. The van der Waals surface area contributed by atoms with E-state index < -0.39 is 32.1 Å². The molecule has 0 aliphatic carbocycles. The SMILES string of the molecule is CC1(C)CN(S(=O)(=O)c2cc(Cl)ccc2F)CC1CC(=O)O. The Hall–Kier alpha value is -1.18. The molecule has 8 heteroatoms. The van der Waals surface area contributed by atoms with Crippen LogP contribution in [0.15, 0.2) is 23.1 Å². The van der Waals surface area contributed by atoms with Gasteiger partial charge in [-0.05, 0) is 29.5 Å². The van der Waals surface area contributed by atoms with Crippen LogP contribution >= 0.6 is 11.6 Å². The molecule has 1 atom stereocenters. The minimum absolute atomic E-state index is 0.0492. The molecular formula is C14H17ClFNO4S. The van der Waals surface area contributed by atoms with E-state index in [9.17, 15) is 17.6 Å². The zero-order chi connectivity index (χ0) is 16.7. The van der Waals surface area contributed by atoms with E-state index in [1.54, 1.807) is 0 Å². The molecule has 0 bridgehead atoms. The molecular weight excluding hydrogens is 333 g/mol. The van der Waals surface area contributed by atoms with Gasteiger partial charge in [-0.3, -0.25) is 4.79 Å². The Morgan fingerprint density at radius 2 is 2.14 bits per heavy atom. The van der Waals surface area contributed by atoms with E-state index in [4.69, 9.17) is 16.7 Å². The second kappa shape index (κ2) is 5.79. The Bertz CT molecular complexity index is 705. The smallest absolute Gasteiger partial charge is 0.303 e. The maximum Gasteiger partial charge on any atom is 0.303 e. The van der Waals surface area contributed by atoms with Crippen molar-refractivity contribution in [3.8, 4) is 0 Å². The van der Waals surface area contributed by atoms with Crippen molar-refractivity contribution >= 4 is 27.6 Å². The summed E-state index contributed by atoms with van der Waals surface area (Å²) in [4.78, 5) is 10.4. The van der Waals surface area contributed by atoms with Crippen molar-refractivity contribution in [3.63, 3.8) is 0 Å². The van der Waals surface area contributed by atoms with Crippen LogP contribution in [-0.4, -0.2) is 36.9 Å². The van der Waals surface area contributed by atoms with Crippen molar-refractivity contribution in [2.24, 2.45) is 11.3 Å². The molecule has 1 aromatic rings. The van der Waals surface area contributed by atoms with Crippen molar-refractivity contribution < 1.29 is 22.7 Å². The Balaban J connectivity index is 2.35. The molecule has 1 aliphatic heterocycles. The maximum absolute atomic E-state index is 13.9. The second-order valence-corrected chi connectivity index (χ2v) is 8.50. The highest BCUT2D eigenvalue weighted by molar-refractivity contribution is 7.89. The molecule has 1 saturated heterocycles. The van der Waals surface area contributed by atoms with E-state index >= 15 is 0 Å². The van der Waals surface area contributed by atoms with Gasteiger partial charge in [0.2, 0.25) is 10.0 Å². The fourth-order valence-corrected chi connectivity index (χ4v) is 4.67. The zero-order valence-electron chi connectivity index (χ0n) is 12.2. The summed E-state index contributed by atoms with van der Waals surface area (Å²) in [6.45, 7) is 3.81. The third-order valence-corrected chi connectivity index (χ3v) is 6.11. The normalized spacial score (nSPS) is 21.9. The molecule has 1 aliphatic rings. The first-order valence-electron chi connectivity index (χ1n) is 6.71. The van der Waals surface area contributed by atoms with Gasteiger partial charge >= 0.3 is 5.97 Å². The molecule has 0 spiro atoms. The lowest BCUT2D eigenvalue weighted by atomic mass is 9.80. The molecule has 2 rings (SSSR count). The molecule has 1 aromatic carbocycles. The lowest BCUT2D eigenvalue weighted by molar-refractivity contribution is -0.138. The van der Waals surface area contributed by atoms with Gasteiger partial charge in [0.05, 0.1) is 0 Å². The van der Waals surface area contributed by atoms with E-state index in [0.717, 1.165) is 16.4 Å². The number of rotatable bonds is 4. The molecule has 1 unspecified atom stereocenters. The van der Waals surface area contributed by atoms with E-state index in [1.165, 1.54) is 6.07 Å². The van der Waals surface area contributed by atoms with Crippen molar-refractivity contribution in [1.82, 2.24) is 4.31 Å². The monoisotopic (exact) mass is 349 g/mol. The highest BCUT2D eigenvalue weighted by Crippen LogP contribution is 2.40. The third kappa shape index (κ3) is 3.26. The van der Waals surface area contributed by atoms with Crippen LogP contribution in [0.2, 0.25) is 5.02 Å². The molecule has 1 N–H and O–H groups in total. The van der Waals surface area contributed by atoms with E-state index in [2.05, 4.69) is 0 Å². The standard InChI is InChI=1S/C14H17ClFNO4S/c1-14(2)8-17(7-9(14)5-13(18)19)22(20,21)12-6-10(15)3-4-11(12)16/h3-4,6,9H,5,7-8H2,1-2H3,(H,18,19). The van der Waals surface area contributed by atoms with Gasteiger partial charge in [-0.2, -0.15) is 4.31 Å². The zero-order valence-corrected chi connectivity index (χ0v) is 13.8. The van der Waals surface area contributed by atoms with Crippen LogP contribution in [0.25, 0.3) is 0 Å². The van der Waals surface area contributed by atoms with Gasteiger partial charge in [0.25, 0.3) is 0 Å². The van der Waals surface area contributed by atoms with Crippen LogP contribution in [0, 0.1) is 17.2 Å². The number of carboxylic acid groups (broad SMARTS) is 1. The second-order valence-electron chi connectivity index (χ2n) is 6.16. The van der Waals surface area contributed by atoms with Gasteiger partial charge in [0.1, 0.15) is 10.7 Å². The molecule has 1 heterocycles. The van der Waals surface area contributed by atoms with Gasteiger partial charge < -0.3 is 5.11 Å². The topological polar surface area (TPSA) is 74.7 Å². The highest BCUT2D eigenvalue weighted by Gasteiger charge is 2.45. The molecule has 0 saturated carbocycles. The predicted octanol–water partition coefficient (Wildman–Crippen LogP) is 2.60. The molecule has 22 heavy (non-hydrogen) atoms. The molecule has 0 amide bonds. The van der Waals surface area contributed by atoms with Crippen LogP contribution in [0.4, 0.5) is 4.39 Å². The van der Waals surface area contributed by atoms with Gasteiger partial charge in [0.15, 0.2) is 0 Å². The summed E-state index contributed by atoms with van der Waals surface area (Å²) in [5.74, 6) is -2.18.